The summed E-state index contributed by atoms with van der Waals surface area (Å²) in [7, 11) is 1.56. The highest BCUT2D eigenvalue weighted by Crippen LogP contribution is 2.24. The number of rotatable bonds is 6. The number of hydrogen-bond donors (Lipinski definition) is 2. The first-order valence-electron chi connectivity index (χ1n) is 7.82. The van der Waals surface area contributed by atoms with Crippen LogP contribution in [-0.4, -0.2) is 13.0 Å². The predicted octanol–water partition coefficient (Wildman–Crippen LogP) is 4.39. The largest absolute Gasteiger partial charge is 0.495 e. The highest BCUT2D eigenvalue weighted by molar-refractivity contribution is 5.91. The van der Waals surface area contributed by atoms with Gasteiger partial charge in [0.05, 0.1) is 12.8 Å². The summed E-state index contributed by atoms with van der Waals surface area (Å²) < 4.78 is 5.10. The number of hydrogen-bond acceptors (Lipinski definition) is 3. The number of aryl methyl sites for hydroxylation is 1. The summed E-state index contributed by atoms with van der Waals surface area (Å²) >= 11 is 0. The van der Waals surface area contributed by atoms with E-state index in [-0.39, 0.29) is 18.3 Å². The van der Waals surface area contributed by atoms with Gasteiger partial charge in [0.2, 0.25) is 5.91 Å². The Bertz CT molecular complexity index is 670. The van der Waals surface area contributed by atoms with E-state index in [9.17, 15) is 4.79 Å². The summed E-state index contributed by atoms with van der Waals surface area (Å²) in [5.74, 6) is 1.10. The van der Waals surface area contributed by atoms with E-state index in [1.54, 1.807) is 25.3 Å². The number of halogens is 1. The summed E-state index contributed by atoms with van der Waals surface area (Å²) in [4.78, 5) is 12.0. The number of nitrogens with one attached hydrogen (secondary N) is 1. The number of methoxy groups -OCH3 is 1. The maximum Gasteiger partial charge on any atom is 0.224 e. The van der Waals surface area contributed by atoms with Crippen LogP contribution in [0.1, 0.15) is 37.3 Å². The quantitative estimate of drug-likeness (QED) is 0.761. The summed E-state index contributed by atoms with van der Waals surface area (Å²) in [5, 5.41) is 2.86. The van der Waals surface area contributed by atoms with Gasteiger partial charge in [-0.25, -0.2) is 0 Å². The Morgan fingerprint density at radius 2 is 1.83 bits per heavy atom. The topological polar surface area (TPSA) is 64.3 Å². The Labute approximate surface area is 149 Å². The first-order chi connectivity index (χ1) is 11.0. The molecule has 3 N–H and O–H groups in total. The molecule has 5 heteroatoms. The van der Waals surface area contributed by atoms with Crippen molar-refractivity contribution in [3.63, 3.8) is 0 Å². The van der Waals surface area contributed by atoms with Crippen molar-refractivity contribution in [3.8, 4) is 5.75 Å². The number of amides is 1. The summed E-state index contributed by atoms with van der Waals surface area (Å²) in [6.45, 7) is 4.34. The van der Waals surface area contributed by atoms with E-state index in [1.165, 1.54) is 11.1 Å². The molecule has 2 aromatic carbocycles. The van der Waals surface area contributed by atoms with Crippen molar-refractivity contribution in [3.05, 3.63) is 53.6 Å². The lowest BCUT2D eigenvalue weighted by Gasteiger charge is -2.09. The first kappa shape index (κ1) is 19.8. The standard InChI is InChI=1S/C19H24N2O2.ClH/c1-13(2)15-7-4-14(5-8-15)6-11-19(22)21-16-9-10-18(23-3)17(20)12-16;/h4-5,7-10,12-13H,6,11,20H2,1-3H3,(H,21,22);1H. The zero-order valence-electron chi connectivity index (χ0n) is 14.3. The maximum absolute atomic E-state index is 12.0. The molecule has 0 atom stereocenters. The Balaban J connectivity index is 0.00000288. The van der Waals surface area contributed by atoms with Crippen LogP contribution in [0, 0.1) is 0 Å². The van der Waals surface area contributed by atoms with Gasteiger partial charge >= 0.3 is 0 Å². The molecular formula is C19H25ClN2O2. The van der Waals surface area contributed by atoms with Gasteiger partial charge in [-0.1, -0.05) is 38.1 Å². The predicted molar refractivity (Wildman–Crippen MR) is 102 cm³/mol. The molecule has 0 aliphatic carbocycles. The van der Waals surface area contributed by atoms with Gasteiger partial charge in [-0.2, -0.15) is 0 Å². The molecule has 0 saturated carbocycles. The molecule has 130 valence electrons. The molecule has 0 aliphatic rings. The minimum Gasteiger partial charge on any atom is -0.495 e. The maximum atomic E-state index is 12.0. The molecule has 0 spiro atoms. The molecule has 0 unspecified atom stereocenters. The lowest BCUT2D eigenvalue weighted by atomic mass is 10.0. The summed E-state index contributed by atoms with van der Waals surface area (Å²) in [6, 6.07) is 13.7. The van der Waals surface area contributed by atoms with E-state index in [2.05, 4.69) is 43.4 Å². The van der Waals surface area contributed by atoms with Crippen molar-refractivity contribution in [2.75, 3.05) is 18.2 Å². The summed E-state index contributed by atoms with van der Waals surface area (Å²) in [6.07, 6.45) is 1.16. The molecular weight excluding hydrogens is 324 g/mol. The van der Waals surface area contributed by atoms with Crippen molar-refractivity contribution in [2.24, 2.45) is 0 Å². The lowest BCUT2D eigenvalue weighted by Crippen LogP contribution is -2.12. The fraction of sp³-hybridized carbons (Fsp3) is 0.316. The van der Waals surface area contributed by atoms with Gasteiger partial charge in [-0.05, 0) is 41.7 Å². The number of benzene rings is 2. The third-order valence-electron chi connectivity index (χ3n) is 3.80. The van der Waals surface area contributed by atoms with Gasteiger partial charge < -0.3 is 15.8 Å². The van der Waals surface area contributed by atoms with Crippen LogP contribution in [0.5, 0.6) is 5.75 Å². The van der Waals surface area contributed by atoms with Crippen molar-refractivity contribution in [1.82, 2.24) is 0 Å². The fourth-order valence-electron chi connectivity index (χ4n) is 2.36. The zero-order valence-corrected chi connectivity index (χ0v) is 15.2. The molecule has 0 fully saturated rings. The van der Waals surface area contributed by atoms with Crippen molar-refractivity contribution < 1.29 is 9.53 Å². The molecule has 0 heterocycles. The second kappa shape index (κ2) is 9.18. The van der Waals surface area contributed by atoms with Crippen LogP contribution in [0.3, 0.4) is 0 Å². The molecule has 1 amide bonds. The Morgan fingerprint density at radius 3 is 2.38 bits per heavy atom. The van der Waals surface area contributed by atoms with Crippen LogP contribution in [0.2, 0.25) is 0 Å². The number of nitrogens with two attached hydrogens (primary N) is 1. The monoisotopic (exact) mass is 348 g/mol. The van der Waals surface area contributed by atoms with Crippen LogP contribution in [0.15, 0.2) is 42.5 Å². The fourth-order valence-corrected chi connectivity index (χ4v) is 2.36. The molecule has 0 saturated heterocycles. The molecule has 4 nitrogen and oxygen atoms in total. The Hall–Kier alpha value is -2.20. The minimum absolute atomic E-state index is 0. The second-order valence-corrected chi connectivity index (χ2v) is 5.90. The Kier molecular flexibility index (Phi) is 7.59. The number of carbonyl (C=O) groups is 1. The van der Waals surface area contributed by atoms with Crippen molar-refractivity contribution in [1.29, 1.82) is 0 Å². The number of carbonyl (C=O) groups excluding carboxylic acids is 1. The molecule has 24 heavy (non-hydrogen) atoms. The molecule has 0 radical (unpaired) electrons. The van der Waals surface area contributed by atoms with Crippen LogP contribution in [0.25, 0.3) is 0 Å². The summed E-state index contributed by atoms with van der Waals surface area (Å²) in [5.41, 5.74) is 9.50. The van der Waals surface area contributed by atoms with E-state index in [1.807, 2.05) is 0 Å². The molecule has 0 aromatic heterocycles. The number of nitrogen functional groups attached to an aromatic ring is 1. The number of anilines is 2. The van der Waals surface area contributed by atoms with E-state index in [0.717, 1.165) is 6.42 Å². The van der Waals surface area contributed by atoms with Gasteiger partial charge in [0.1, 0.15) is 5.75 Å². The van der Waals surface area contributed by atoms with E-state index in [0.29, 0.717) is 29.5 Å². The first-order valence-corrected chi connectivity index (χ1v) is 7.82. The normalized spacial score (nSPS) is 10.2. The van der Waals surface area contributed by atoms with E-state index >= 15 is 0 Å². The molecule has 0 bridgehead atoms. The van der Waals surface area contributed by atoms with E-state index in [4.69, 9.17) is 10.5 Å². The van der Waals surface area contributed by atoms with Gasteiger partial charge in [0, 0.05) is 12.1 Å². The van der Waals surface area contributed by atoms with E-state index < -0.39 is 0 Å². The third-order valence-corrected chi connectivity index (χ3v) is 3.80. The second-order valence-electron chi connectivity index (χ2n) is 5.90. The number of ether oxygens (including phenoxy) is 1. The SMILES string of the molecule is COc1ccc(NC(=O)CCc2ccc(C(C)C)cc2)cc1N.Cl. The van der Waals surface area contributed by atoms with Gasteiger partial charge in [0.25, 0.3) is 0 Å². The van der Waals surface area contributed by atoms with Gasteiger partial charge in [0.15, 0.2) is 0 Å². The van der Waals surface area contributed by atoms with Crippen LogP contribution < -0.4 is 15.8 Å². The average molecular weight is 349 g/mol. The van der Waals surface area contributed by atoms with Crippen molar-refractivity contribution >= 4 is 29.7 Å². The van der Waals surface area contributed by atoms with Crippen LogP contribution in [-0.2, 0) is 11.2 Å². The van der Waals surface area contributed by atoms with Gasteiger partial charge in [-0.3, -0.25) is 4.79 Å². The highest BCUT2D eigenvalue weighted by atomic mass is 35.5. The highest BCUT2D eigenvalue weighted by Gasteiger charge is 2.06. The third kappa shape index (κ3) is 5.46. The smallest absolute Gasteiger partial charge is 0.224 e. The molecule has 0 aliphatic heterocycles. The van der Waals surface area contributed by atoms with Crippen molar-refractivity contribution in [2.45, 2.75) is 32.6 Å². The van der Waals surface area contributed by atoms with Crippen LogP contribution >= 0.6 is 12.4 Å². The molecule has 2 rings (SSSR count). The Morgan fingerprint density at radius 1 is 1.17 bits per heavy atom. The van der Waals surface area contributed by atoms with Crippen LogP contribution in [0.4, 0.5) is 11.4 Å². The van der Waals surface area contributed by atoms with Gasteiger partial charge in [-0.15, -0.1) is 12.4 Å². The zero-order chi connectivity index (χ0) is 16.8. The molecule has 2 aromatic rings. The lowest BCUT2D eigenvalue weighted by molar-refractivity contribution is -0.116. The minimum atomic E-state index is -0.0255. The average Bonchev–Trinajstić information content (AvgIpc) is 2.53.